The molecule has 3 unspecified atom stereocenters. The molecule has 0 bridgehead atoms. The molecule has 3 atom stereocenters. The summed E-state index contributed by atoms with van der Waals surface area (Å²) in [5.74, 6) is -0.196. The lowest BCUT2D eigenvalue weighted by Gasteiger charge is -2.25. The second-order valence-corrected chi connectivity index (χ2v) is 20.0. The van der Waals surface area contributed by atoms with Crippen molar-refractivity contribution in [2.24, 2.45) is 0 Å². The molecule has 0 heterocycles. The van der Waals surface area contributed by atoms with E-state index >= 15 is 0 Å². The molecule has 0 saturated carbocycles. The van der Waals surface area contributed by atoms with E-state index in [1.165, 1.54) is 154 Å². The minimum absolute atomic E-state index is 0.0510. The predicted molar refractivity (Wildman–Crippen MR) is 267 cm³/mol. The zero-order valence-electron chi connectivity index (χ0n) is 41.1. The molecule has 62 heavy (non-hydrogen) atoms. The van der Waals surface area contributed by atoms with Crippen LogP contribution in [0, 0.1) is 0 Å². The van der Waals surface area contributed by atoms with E-state index in [1.807, 2.05) is 27.2 Å². The zero-order chi connectivity index (χ0) is 45.7. The molecule has 0 aromatic heterocycles. The molecule has 8 nitrogen and oxygen atoms in total. The number of phosphoric acid groups is 1. The maximum atomic E-state index is 12.9. The Kier molecular flexibility index (Phi) is 43.1. The molecule has 3 N–H and O–H groups in total. The van der Waals surface area contributed by atoms with Crippen molar-refractivity contribution in [1.82, 2.24) is 5.32 Å². The second kappa shape index (κ2) is 44.4. The number of aliphatic hydroxyl groups is 1. The molecule has 0 saturated heterocycles. The van der Waals surface area contributed by atoms with E-state index in [1.54, 1.807) is 6.08 Å². The summed E-state index contributed by atoms with van der Waals surface area (Å²) in [4.78, 5) is 23.2. The third-order valence-corrected chi connectivity index (χ3v) is 12.2. The first kappa shape index (κ1) is 60.2. The van der Waals surface area contributed by atoms with Crippen LogP contribution in [0.15, 0.2) is 60.8 Å². The minimum atomic E-state index is -4.36. The molecule has 0 aliphatic rings. The Hall–Kier alpha value is -1.80. The minimum Gasteiger partial charge on any atom is -0.387 e. The normalized spacial score (nSPS) is 14.6. The van der Waals surface area contributed by atoms with Crippen molar-refractivity contribution in [3.05, 3.63) is 60.8 Å². The molecule has 0 aliphatic heterocycles. The second-order valence-electron chi connectivity index (χ2n) is 18.6. The monoisotopic (exact) mass is 892 g/mol. The maximum absolute atomic E-state index is 12.9. The summed E-state index contributed by atoms with van der Waals surface area (Å²) in [5, 5.41) is 13.9. The van der Waals surface area contributed by atoms with Gasteiger partial charge in [0.1, 0.15) is 13.2 Å². The number of carbonyl (C=O) groups is 1. The van der Waals surface area contributed by atoms with Gasteiger partial charge in [-0.25, -0.2) is 4.57 Å². The fraction of sp³-hybridized carbons (Fsp3) is 0.792. The Labute approximate surface area is 383 Å². The number of nitrogens with one attached hydrogen (secondary N) is 1. The van der Waals surface area contributed by atoms with Gasteiger partial charge in [0.05, 0.1) is 39.9 Å². The number of aliphatic hydroxyl groups excluding tert-OH is 1. The highest BCUT2D eigenvalue weighted by molar-refractivity contribution is 7.47. The van der Waals surface area contributed by atoms with E-state index in [-0.39, 0.29) is 19.1 Å². The van der Waals surface area contributed by atoms with Crippen LogP contribution >= 0.6 is 7.82 Å². The van der Waals surface area contributed by atoms with Crippen LogP contribution in [0.3, 0.4) is 0 Å². The smallest absolute Gasteiger partial charge is 0.387 e. The molecular weight excluding hydrogens is 792 g/mol. The van der Waals surface area contributed by atoms with Crippen LogP contribution in [0.4, 0.5) is 0 Å². The van der Waals surface area contributed by atoms with Gasteiger partial charge in [-0.15, -0.1) is 0 Å². The van der Waals surface area contributed by atoms with Gasteiger partial charge in [-0.1, -0.05) is 203 Å². The van der Waals surface area contributed by atoms with E-state index in [9.17, 15) is 19.4 Å². The highest BCUT2D eigenvalue weighted by atomic mass is 31.2. The SMILES string of the molecule is CCCCC/C=C\C=C/CCCCCCCCCCCCC(=O)NC(COP(=O)(O)OCC[N+](C)(C)C)C(O)/C=C/CC/C=C/CC/C=C/CCCCCCCCCCCCC. The van der Waals surface area contributed by atoms with E-state index in [2.05, 4.69) is 67.8 Å². The standard InChI is InChI=1S/C53H99N2O6P/c1-6-8-10-12-14-16-18-20-22-24-26-27-29-30-32-34-36-38-40-42-44-46-52(56)51(50-61-62(58,59)60-49-48-55(3,4)5)54-53(57)47-45-43-41-39-37-35-33-31-28-25-23-21-19-17-15-13-11-9-7-2/h15,17,19,21,29-30,36,38,44,46,51-52,56H,6-14,16,18,20,22-28,31-35,37,39-43,45,47-50H2,1-5H3,(H-,54,57,58,59)/p+1/b17-15-,21-19-,30-29+,38-36+,46-44+. The Morgan fingerprint density at radius 3 is 1.42 bits per heavy atom. The van der Waals surface area contributed by atoms with Gasteiger partial charge in [-0.2, -0.15) is 0 Å². The van der Waals surface area contributed by atoms with Gasteiger partial charge in [0.2, 0.25) is 5.91 Å². The maximum Gasteiger partial charge on any atom is 0.472 e. The number of quaternary nitrogens is 1. The van der Waals surface area contributed by atoms with Crippen LogP contribution in [0.2, 0.25) is 0 Å². The third kappa shape index (κ3) is 46.2. The summed E-state index contributed by atoms with van der Waals surface area (Å²) in [7, 11) is 1.54. The Bertz CT molecular complexity index is 1190. The van der Waals surface area contributed by atoms with E-state index < -0.39 is 20.0 Å². The Balaban J connectivity index is 4.40. The molecule has 0 spiro atoms. The first-order chi connectivity index (χ1) is 30.0. The number of rotatable bonds is 46. The van der Waals surface area contributed by atoms with Gasteiger partial charge in [0.25, 0.3) is 0 Å². The number of likely N-dealkylation sites (N-methyl/N-ethyl adjacent to an activating group) is 1. The molecule has 0 aromatic carbocycles. The van der Waals surface area contributed by atoms with Gasteiger partial charge in [0.15, 0.2) is 0 Å². The van der Waals surface area contributed by atoms with E-state index in [0.717, 1.165) is 44.9 Å². The first-order valence-corrected chi connectivity index (χ1v) is 27.2. The number of hydrogen-bond acceptors (Lipinski definition) is 5. The lowest BCUT2D eigenvalue weighted by atomic mass is 10.0. The van der Waals surface area contributed by atoms with Gasteiger partial charge in [-0.3, -0.25) is 13.8 Å². The summed E-state index contributed by atoms with van der Waals surface area (Å²) >= 11 is 0. The zero-order valence-corrected chi connectivity index (χ0v) is 42.0. The number of nitrogens with zero attached hydrogens (tertiary/aromatic N) is 1. The number of allylic oxidation sites excluding steroid dienone is 9. The van der Waals surface area contributed by atoms with Crippen LogP contribution in [0.25, 0.3) is 0 Å². The van der Waals surface area contributed by atoms with Crippen LogP contribution in [-0.4, -0.2) is 73.4 Å². The molecule has 9 heteroatoms. The fourth-order valence-electron chi connectivity index (χ4n) is 7.12. The highest BCUT2D eigenvalue weighted by Crippen LogP contribution is 2.43. The van der Waals surface area contributed by atoms with Gasteiger partial charge in [0, 0.05) is 6.42 Å². The van der Waals surface area contributed by atoms with Crippen molar-refractivity contribution >= 4 is 13.7 Å². The summed E-state index contributed by atoms with van der Waals surface area (Å²) < 4.78 is 23.6. The Morgan fingerprint density at radius 2 is 0.935 bits per heavy atom. The van der Waals surface area contributed by atoms with Gasteiger partial charge < -0.3 is 19.8 Å². The average molecular weight is 892 g/mol. The molecule has 0 aliphatic carbocycles. The number of carbonyl (C=O) groups excluding carboxylic acids is 1. The van der Waals surface area contributed by atoms with Crippen molar-refractivity contribution in [2.45, 2.75) is 231 Å². The van der Waals surface area contributed by atoms with E-state index in [4.69, 9.17) is 9.05 Å². The van der Waals surface area contributed by atoms with Crippen molar-refractivity contribution in [3.8, 4) is 0 Å². The summed E-state index contributed by atoms with van der Waals surface area (Å²) in [5.41, 5.74) is 0. The lowest BCUT2D eigenvalue weighted by molar-refractivity contribution is -0.870. The number of amides is 1. The van der Waals surface area contributed by atoms with Crippen molar-refractivity contribution in [1.29, 1.82) is 0 Å². The highest BCUT2D eigenvalue weighted by Gasteiger charge is 2.27. The van der Waals surface area contributed by atoms with Crippen molar-refractivity contribution < 1.29 is 32.9 Å². The fourth-order valence-corrected chi connectivity index (χ4v) is 7.86. The van der Waals surface area contributed by atoms with Crippen LogP contribution in [0.1, 0.15) is 219 Å². The topological polar surface area (TPSA) is 105 Å². The van der Waals surface area contributed by atoms with Crippen LogP contribution < -0.4 is 5.32 Å². The molecule has 0 rings (SSSR count). The molecule has 0 radical (unpaired) electrons. The molecular formula is C53H100N2O6P+. The van der Waals surface area contributed by atoms with Crippen molar-refractivity contribution in [2.75, 3.05) is 40.9 Å². The molecule has 1 amide bonds. The molecule has 0 aromatic rings. The van der Waals surface area contributed by atoms with E-state index in [0.29, 0.717) is 17.4 Å². The molecule has 0 fully saturated rings. The Morgan fingerprint density at radius 1 is 0.548 bits per heavy atom. The van der Waals surface area contributed by atoms with Crippen LogP contribution in [-0.2, 0) is 18.4 Å². The largest absolute Gasteiger partial charge is 0.472 e. The number of phosphoric ester groups is 1. The average Bonchev–Trinajstić information content (AvgIpc) is 3.23. The van der Waals surface area contributed by atoms with Crippen molar-refractivity contribution in [3.63, 3.8) is 0 Å². The number of unbranched alkanes of at least 4 members (excludes halogenated alkanes) is 26. The third-order valence-electron chi connectivity index (χ3n) is 11.2. The predicted octanol–water partition coefficient (Wildman–Crippen LogP) is 15.0. The van der Waals surface area contributed by atoms with Gasteiger partial charge >= 0.3 is 7.82 Å². The van der Waals surface area contributed by atoms with Gasteiger partial charge in [-0.05, 0) is 70.6 Å². The summed E-state index contributed by atoms with van der Waals surface area (Å²) in [6.07, 6.45) is 58.7. The quantitative estimate of drug-likeness (QED) is 0.0185. The molecule has 362 valence electrons. The number of hydrogen-bond donors (Lipinski definition) is 3. The summed E-state index contributed by atoms with van der Waals surface area (Å²) in [6, 6.07) is -0.873. The summed E-state index contributed by atoms with van der Waals surface area (Å²) in [6.45, 7) is 4.76. The first-order valence-electron chi connectivity index (χ1n) is 25.7. The lowest BCUT2D eigenvalue weighted by Crippen LogP contribution is -2.45. The van der Waals surface area contributed by atoms with Crippen LogP contribution in [0.5, 0.6) is 0 Å².